The second-order valence-corrected chi connectivity index (χ2v) is 9.36. The number of carbonyl (C=O) groups excluding carboxylic acids is 2. The molecule has 0 heterocycles. The minimum atomic E-state index is -3.94. The zero-order valence-electron chi connectivity index (χ0n) is 19.2. The maximum Gasteiger partial charge on any atom is 0.262 e. The van der Waals surface area contributed by atoms with E-state index in [0.29, 0.717) is 28.3 Å². The van der Waals surface area contributed by atoms with Crippen LogP contribution in [0.2, 0.25) is 0 Å². The summed E-state index contributed by atoms with van der Waals surface area (Å²) >= 11 is 0. The van der Waals surface area contributed by atoms with Gasteiger partial charge >= 0.3 is 0 Å². The molecule has 0 aromatic heterocycles. The fraction of sp³-hybridized carbons (Fsp3) is 0.200. The minimum absolute atomic E-state index is 0.0314. The number of anilines is 2. The van der Waals surface area contributed by atoms with E-state index in [1.165, 1.54) is 13.2 Å². The molecule has 0 aliphatic rings. The first-order chi connectivity index (χ1) is 16.2. The number of rotatable bonds is 9. The van der Waals surface area contributed by atoms with E-state index in [1.54, 1.807) is 61.5 Å². The first-order valence-electron chi connectivity index (χ1n) is 10.6. The smallest absolute Gasteiger partial charge is 0.262 e. The lowest BCUT2D eigenvalue weighted by Gasteiger charge is -2.14. The van der Waals surface area contributed by atoms with Gasteiger partial charge in [-0.2, -0.15) is 0 Å². The van der Waals surface area contributed by atoms with Crippen LogP contribution >= 0.6 is 0 Å². The molecule has 0 unspecified atom stereocenters. The summed E-state index contributed by atoms with van der Waals surface area (Å²) < 4.78 is 33.8. The average Bonchev–Trinajstić information content (AvgIpc) is 2.80. The van der Waals surface area contributed by atoms with Gasteiger partial charge in [-0.05, 0) is 55.8 Å². The summed E-state index contributed by atoms with van der Waals surface area (Å²) in [6.07, 6.45) is 0.0347. The Balaban J connectivity index is 1.64. The van der Waals surface area contributed by atoms with Crippen molar-refractivity contribution in [2.24, 2.45) is 0 Å². The number of para-hydroxylation sites is 2. The van der Waals surface area contributed by atoms with Crippen molar-refractivity contribution in [1.82, 2.24) is 5.32 Å². The van der Waals surface area contributed by atoms with Crippen molar-refractivity contribution in [2.45, 2.75) is 25.2 Å². The fourth-order valence-electron chi connectivity index (χ4n) is 3.30. The monoisotopic (exact) mass is 481 g/mol. The number of ether oxygens (including phenoxy) is 1. The molecule has 0 saturated heterocycles. The number of aryl methyl sites for hydroxylation is 2. The Hall–Kier alpha value is -3.85. The van der Waals surface area contributed by atoms with Crippen molar-refractivity contribution in [3.05, 3.63) is 83.4 Å². The highest BCUT2D eigenvalue weighted by Crippen LogP contribution is 2.28. The van der Waals surface area contributed by atoms with E-state index in [9.17, 15) is 18.0 Å². The second kappa shape index (κ2) is 10.8. The van der Waals surface area contributed by atoms with Crippen LogP contribution in [-0.4, -0.2) is 33.9 Å². The van der Waals surface area contributed by atoms with Gasteiger partial charge in [0.15, 0.2) is 0 Å². The maximum absolute atomic E-state index is 13.0. The van der Waals surface area contributed by atoms with Gasteiger partial charge in [-0.1, -0.05) is 35.9 Å². The highest BCUT2D eigenvalue weighted by molar-refractivity contribution is 7.92. The fourth-order valence-corrected chi connectivity index (χ4v) is 4.64. The van der Waals surface area contributed by atoms with Crippen molar-refractivity contribution >= 4 is 33.2 Å². The van der Waals surface area contributed by atoms with Gasteiger partial charge in [-0.3, -0.25) is 14.3 Å². The van der Waals surface area contributed by atoms with E-state index in [-0.39, 0.29) is 29.7 Å². The van der Waals surface area contributed by atoms with Crippen LogP contribution in [0.4, 0.5) is 11.4 Å². The molecule has 3 aromatic carbocycles. The molecule has 0 radical (unpaired) electrons. The van der Waals surface area contributed by atoms with Crippen LogP contribution in [0.1, 0.15) is 27.9 Å². The van der Waals surface area contributed by atoms with Crippen molar-refractivity contribution in [3.63, 3.8) is 0 Å². The van der Waals surface area contributed by atoms with Crippen LogP contribution in [-0.2, 0) is 14.8 Å². The van der Waals surface area contributed by atoms with E-state index in [2.05, 4.69) is 15.4 Å². The second-order valence-electron chi connectivity index (χ2n) is 7.71. The molecule has 9 heteroatoms. The van der Waals surface area contributed by atoms with Gasteiger partial charge in [-0.25, -0.2) is 8.42 Å². The number of nitrogens with one attached hydrogen (secondary N) is 3. The van der Waals surface area contributed by atoms with Crippen LogP contribution in [0.5, 0.6) is 5.75 Å². The van der Waals surface area contributed by atoms with Gasteiger partial charge in [-0.15, -0.1) is 0 Å². The molecule has 3 rings (SSSR count). The van der Waals surface area contributed by atoms with E-state index in [0.717, 1.165) is 5.56 Å². The molecule has 0 spiro atoms. The van der Waals surface area contributed by atoms with Crippen molar-refractivity contribution in [3.8, 4) is 5.75 Å². The van der Waals surface area contributed by atoms with Crippen LogP contribution in [0.25, 0.3) is 0 Å². The lowest BCUT2D eigenvalue weighted by molar-refractivity contribution is -0.116. The van der Waals surface area contributed by atoms with Crippen molar-refractivity contribution < 1.29 is 22.7 Å². The summed E-state index contributed by atoms with van der Waals surface area (Å²) in [5.74, 6) is -0.224. The molecule has 0 aliphatic carbocycles. The molecule has 0 bridgehead atoms. The molecule has 0 fully saturated rings. The third-order valence-electron chi connectivity index (χ3n) is 5.03. The molecule has 178 valence electrons. The van der Waals surface area contributed by atoms with E-state index in [4.69, 9.17) is 4.74 Å². The van der Waals surface area contributed by atoms with Gasteiger partial charge in [0.2, 0.25) is 5.91 Å². The third-order valence-corrected chi connectivity index (χ3v) is 6.54. The van der Waals surface area contributed by atoms with E-state index >= 15 is 0 Å². The molecule has 0 atom stereocenters. The van der Waals surface area contributed by atoms with Crippen LogP contribution in [0.15, 0.2) is 71.6 Å². The molecule has 3 N–H and O–H groups in total. The molecular weight excluding hydrogens is 454 g/mol. The molecule has 8 nitrogen and oxygen atoms in total. The van der Waals surface area contributed by atoms with Gasteiger partial charge < -0.3 is 15.4 Å². The number of amides is 2. The van der Waals surface area contributed by atoms with Gasteiger partial charge in [0.1, 0.15) is 5.75 Å². The zero-order chi connectivity index (χ0) is 24.7. The van der Waals surface area contributed by atoms with Gasteiger partial charge in [0.25, 0.3) is 15.9 Å². The predicted molar refractivity (Wildman–Crippen MR) is 132 cm³/mol. The predicted octanol–water partition coefficient (Wildman–Crippen LogP) is 3.87. The Morgan fingerprint density at radius 2 is 1.71 bits per heavy atom. The standard InChI is InChI=1S/C25H27N3O5S/c1-17-7-6-8-19(15-17)25(30)26-14-13-24(29)27-20-12-11-18(2)23(16-20)34(31,32)28-21-9-4-5-10-22(21)33-3/h4-12,15-16,28H,13-14H2,1-3H3,(H,26,30)(H,27,29). The largest absolute Gasteiger partial charge is 0.495 e. The number of hydrogen-bond acceptors (Lipinski definition) is 5. The Morgan fingerprint density at radius 3 is 2.44 bits per heavy atom. The zero-order valence-corrected chi connectivity index (χ0v) is 20.0. The topological polar surface area (TPSA) is 114 Å². The van der Waals surface area contributed by atoms with Crippen LogP contribution in [0, 0.1) is 13.8 Å². The minimum Gasteiger partial charge on any atom is -0.495 e. The molecule has 0 aliphatic heterocycles. The molecule has 2 amide bonds. The summed E-state index contributed by atoms with van der Waals surface area (Å²) in [7, 11) is -2.48. The first-order valence-corrected chi connectivity index (χ1v) is 12.1. The summed E-state index contributed by atoms with van der Waals surface area (Å²) in [6, 6.07) is 18.5. The van der Waals surface area contributed by atoms with Crippen LogP contribution in [0.3, 0.4) is 0 Å². The maximum atomic E-state index is 13.0. The van der Waals surface area contributed by atoms with Crippen molar-refractivity contribution in [2.75, 3.05) is 23.7 Å². The van der Waals surface area contributed by atoms with Gasteiger partial charge in [0, 0.05) is 24.2 Å². The van der Waals surface area contributed by atoms with E-state index < -0.39 is 10.0 Å². The Labute approximate surface area is 199 Å². The molecule has 34 heavy (non-hydrogen) atoms. The number of methoxy groups -OCH3 is 1. The summed E-state index contributed by atoms with van der Waals surface area (Å²) in [5.41, 5.74) is 2.65. The number of carbonyl (C=O) groups is 2. The lowest BCUT2D eigenvalue weighted by Crippen LogP contribution is -2.27. The third kappa shape index (κ3) is 6.35. The van der Waals surface area contributed by atoms with Crippen molar-refractivity contribution in [1.29, 1.82) is 0 Å². The lowest BCUT2D eigenvalue weighted by atomic mass is 10.1. The highest BCUT2D eigenvalue weighted by atomic mass is 32.2. The normalized spacial score (nSPS) is 10.9. The first kappa shape index (κ1) is 24.8. The average molecular weight is 482 g/mol. The molecular formula is C25H27N3O5S. The van der Waals surface area contributed by atoms with E-state index in [1.807, 2.05) is 13.0 Å². The molecule has 0 saturated carbocycles. The SMILES string of the molecule is COc1ccccc1NS(=O)(=O)c1cc(NC(=O)CCNC(=O)c2cccc(C)c2)ccc1C. The number of benzene rings is 3. The number of sulfonamides is 1. The summed E-state index contributed by atoms with van der Waals surface area (Å²) in [4.78, 5) is 24.6. The van der Waals surface area contributed by atoms with Crippen LogP contribution < -0.4 is 20.1 Å². The number of hydrogen-bond donors (Lipinski definition) is 3. The quantitative estimate of drug-likeness (QED) is 0.429. The Bertz CT molecular complexity index is 1310. The highest BCUT2D eigenvalue weighted by Gasteiger charge is 2.20. The summed E-state index contributed by atoms with van der Waals surface area (Å²) in [5, 5.41) is 5.39. The Morgan fingerprint density at radius 1 is 0.941 bits per heavy atom. The van der Waals surface area contributed by atoms with Gasteiger partial charge in [0.05, 0.1) is 17.7 Å². The summed E-state index contributed by atoms with van der Waals surface area (Å²) in [6.45, 7) is 3.71. The molecule has 3 aromatic rings. The Kier molecular flexibility index (Phi) is 7.91.